The second-order valence-corrected chi connectivity index (χ2v) is 6.63. The van der Waals surface area contributed by atoms with E-state index in [0.29, 0.717) is 5.92 Å². The molecule has 2 rings (SSSR count). The zero-order chi connectivity index (χ0) is 18.6. The molecular weight excluding hydrogens is 324 g/mol. The second kappa shape index (κ2) is 11.2. The Morgan fingerprint density at radius 2 is 1.96 bits per heavy atom. The molecule has 26 heavy (non-hydrogen) atoms. The van der Waals surface area contributed by atoms with Gasteiger partial charge in [0.1, 0.15) is 0 Å². The zero-order valence-corrected chi connectivity index (χ0v) is 16.2. The van der Waals surface area contributed by atoms with Crippen molar-refractivity contribution >= 4 is 11.6 Å². The third-order valence-electron chi connectivity index (χ3n) is 4.14. The molecule has 0 saturated carbocycles. The quantitative estimate of drug-likeness (QED) is 0.348. The third kappa shape index (κ3) is 7.17. The maximum absolute atomic E-state index is 4.78. The Balaban J connectivity index is 1.83. The van der Waals surface area contributed by atoms with E-state index < -0.39 is 0 Å². The van der Waals surface area contributed by atoms with Crippen LogP contribution in [-0.4, -0.2) is 41.4 Å². The van der Waals surface area contributed by atoms with E-state index in [1.54, 1.807) is 0 Å². The van der Waals surface area contributed by atoms with Crippen LogP contribution >= 0.6 is 0 Å². The van der Waals surface area contributed by atoms with Gasteiger partial charge in [0, 0.05) is 43.8 Å². The Kier molecular flexibility index (Phi) is 8.52. The molecule has 0 aliphatic carbocycles. The SMILES string of the molecule is CCNC(=NCC(Nc1ccccc1)C(C)C)NCCCn1cccn1. The number of hydrogen-bond donors (Lipinski definition) is 3. The molecule has 0 radical (unpaired) electrons. The van der Waals surface area contributed by atoms with Gasteiger partial charge in [0.2, 0.25) is 0 Å². The van der Waals surface area contributed by atoms with Crippen molar-refractivity contribution in [2.24, 2.45) is 10.9 Å². The van der Waals surface area contributed by atoms with Gasteiger partial charge in [0.15, 0.2) is 5.96 Å². The number of para-hydroxylation sites is 1. The van der Waals surface area contributed by atoms with Crippen molar-refractivity contribution < 1.29 is 0 Å². The van der Waals surface area contributed by atoms with E-state index in [4.69, 9.17) is 4.99 Å². The lowest BCUT2D eigenvalue weighted by atomic mass is 10.0. The van der Waals surface area contributed by atoms with Gasteiger partial charge in [-0.2, -0.15) is 5.10 Å². The summed E-state index contributed by atoms with van der Waals surface area (Å²) in [5.74, 6) is 1.36. The number of aliphatic imine (C=N–C) groups is 1. The molecule has 6 heteroatoms. The van der Waals surface area contributed by atoms with E-state index in [2.05, 4.69) is 54.0 Å². The van der Waals surface area contributed by atoms with Crippen LogP contribution in [0.1, 0.15) is 27.2 Å². The van der Waals surface area contributed by atoms with Crippen LogP contribution in [0.4, 0.5) is 5.69 Å². The molecular formula is C20H32N6. The number of anilines is 1. The lowest BCUT2D eigenvalue weighted by molar-refractivity contribution is 0.529. The monoisotopic (exact) mass is 356 g/mol. The van der Waals surface area contributed by atoms with Gasteiger partial charge in [-0.3, -0.25) is 9.67 Å². The second-order valence-electron chi connectivity index (χ2n) is 6.63. The number of nitrogens with one attached hydrogen (secondary N) is 3. The number of aromatic nitrogens is 2. The molecule has 0 spiro atoms. The van der Waals surface area contributed by atoms with Crippen LogP contribution in [0, 0.1) is 5.92 Å². The Bertz CT molecular complexity index is 621. The molecule has 1 aromatic carbocycles. The van der Waals surface area contributed by atoms with Crippen LogP contribution in [0.25, 0.3) is 0 Å². The number of benzene rings is 1. The molecule has 1 atom stereocenters. The first-order valence-corrected chi connectivity index (χ1v) is 9.50. The van der Waals surface area contributed by atoms with Crippen molar-refractivity contribution in [2.45, 2.75) is 39.8 Å². The predicted molar refractivity (Wildman–Crippen MR) is 110 cm³/mol. The van der Waals surface area contributed by atoms with Gasteiger partial charge in [-0.25, -0.2) is 0 Å². The van der Waals surface area contributed by atoms with Gasteiger partial charge in [-0.1, -0.05) is 32.0 Å². The highest BCUT2D eigenvalue weighted by atomic mass is 15.3. The van der Waals surface area contributed by atoms with Crippen LogP contribution in [0.15, 0.2) is 53.8 Å². The summed E-state index contributed by atoms with van der Waals surface area (Å²) in [4.78, 5) is 4.78. The summed E-state index contributed by atoms with van der Waals surface area (Å²) >= 11 is 0. The summed E-state index contributed by atoms with van der Waals surface area (Å²) in [5.41, 5.74) is 1.14. The normalized spacial score (nSPS) is 12.8. The molecule has 0 aliphatic heterocycles. The molecule has 3 N–H and O–H groups in total. The summed E-state index contributed by atoms with van der Waals surface area (Å²) in [6, 6.07) is 12.6. The van der Waals surface area contributed by atoms with Crippen molar-refractivity contribution in [3.8, 4) is 0 Å². The van der Waals surface area contributed by atoms with Crippen molar-refractivity contribution in [3.63, 3.8) is 0 Å². The smallest absolute Gasteiger partial charge is 0.191 e. The molecule has 6 nitrogen and oxygen atoms in total. The van der Waals surface area contributed by atoms with Crippen LogP contribution < -0.4 is 16.0 Å². The zero-order valence-electron chi connectivity index (χ0n) is 16.2. The van der Waals surface area contributed by atoms with Gasteiger partial charge in [-0.05, 0) is 37.5 Å². The van der Waals surface area contributed by atoms with E-state index in [-0.39, 0.29) is 6.04 Å². The summed E-state index contributed by atoms with van der Waals surface area (Å²) in [7, 11) is 0. The lowest BCUT2D eigenvalue weighted by Crippen LogP contribution is -2.39. The minimum absolute atomic E-state index is 0.289. The maximum Gasteiger partial charge on any atom is 0.191 e. The van der Waals surface area contributed by atoms with Gasteiger partial charge in [-0.15, -0.1) is 0 Å². The number of guanidine groups is 1. The Morgan fingerprint density at radius 1 is 1.15 bits per heavy atom. The van der Waals surface area contributed by atoms with Gasteiger partial charge in [0.05, 0.1) is 6.54 Å². The molecule has 2 aromatic rings. The van der Waals surface area contributed by atoms with Crippen molar-refractivity contribution in [2.75, 3.05) is 25.0 Å². The molecule has 1 unspecified atom stereocenters. The van der Waals surface area contributed by atoms with E-state index >= 15 is 0 Å². The number of hydrogen-bond acceptors (Lipinski definition) is 3. The molecule has 0 aliphatic rings. The molecule has 0 bridgehead atoms. The van der Waals surface area contributed by atoms with Crippen molar-refractivity contribution in [1.29, 1.82) is 0 Å². The Labute approximate surface area is 157 Å². The van der Waals surface area contributed by atoms with Gasteiger partial charge >= 0.3 is 0 Å². The Morgan fingerprint density at radius 3 is 2.62 bits per heavy atom. The molecule has 0 saturated heterocycles. The molecule has 0 fully saturated rings. The summed E-state index contributed by atoms with van der Waals surface area (Å²) in [5, 5.41) is 14.5. The minimum Gasteiger partial charge on any atom is -0.380 e. The van der Waals surface area contributed by atoms with E-state index in [9.17, 15) is 0 Å². The highest BCUT2D eigenvalue weighted by Gasteiger charge is 2.13. The maximum atomic E-state index is 4.78. The van der Waals surface area contributed by atoms with Gasteiger partial charge in [0.25, 0.3) is 0 Å². The number of rotatable bonds is 10. The summed E-state index contributed by atoms with van der Waals surface area (Å²) in [6.45, 7) is 9.88. The molecule has 1 heterocycles. The van der Waals surface area contributed by atoms with E-state index in [1.807, 2.05) is 41.3 Å². The minimum atomic E-state index is 0.289. The van der Waals surface area contributed by atoms with Gasteiger partial charge < -0.3 is 16.0 Å². The first-order chi connectivity index (χ1) is 12.7. The fourth-order valence-corrected chi connectivity index (χ4v) is 2.58. The molecule has 1 aromatic heterocycles. The van der Waals surface area contributed by atoms with E-state index in [1.165, 1.54) is 0 Å². The van der Waals surface area contributed by atoms with Crippen molar-refractivity contribution in [1.82, 2.24) is 20.4 Å². The number of aryl methyl sites for hydroxylation is 1. The molecule has 0 amide bonds. The average molecular weight is 357 g/mol. The van der Waals surface area contributed by atoms with Crippen LogP contribution in [-0.2, 0) is 6.54 Å². The van der Waals surface area contributed by atoms with Crippen molar-refractivity contribution in [3.05, 3.63) is 48.8 Å². The van der Waals surface area contributed by atoms with E-state index in [0.717, 1.165) is 44.2 Å². The Hall–Kier alpha value is -2.50. The largest absolute Gasteiger partial charge is 0.380 e. The molecule has 142 valence electrons. The highest BCUT2D eigenvalue weighted by Crippen LogP contribution is 2.12. The first kappa shape index (κ1) is 19.8. The summed E-state index contributed by atoms with van der Waals surface area (Å²) in [6.07, 6.45) is 4.80. The fourth-order valence-electron chi connectivity index (χ4n) is 2.58. The number of nitrogens with zero attached hydrogens (tertiary/aromatic N) is 3. The predicted octanol–water partition coefficient (Wildman–Crippen LogP) is 2.97. The third-order valence-corrected chi connectivity index (χ3v) is 4.14. The topological polar surface area (TPSA) is 66.3 Å². The van der Waals surface area contributed by atoms with Crippen LogP contribution in [0.2, 0.25) is 0 Å². The summed E-state index contributed by atoms with van der Waals surface area (Å²) < 4.78 is 1.95. The first-order valence-electron chi connectivity index (χ1n) is 9.50. The van der Waals surface area contributed by atoms with Crippen LogP contribution in [0.5, 0.6) is 0 Å². The highest BCUT2D eigenvalue weighted by molar-refractivity contribution is 5.79. The lowest BCUT2D eigenvalue weighted by Gasteiger charge is -2.22. The van der Waals surface area contributed by atoms with Crippen LogP contribution in [0.3, 0.4) is 0 Å². The average Bonchev–Trinajstić information content (AvgIpc) is 3.16. The fraction of sp³-hybridized carbons (Fsp3) is 0.500. The standard InChI is InChI=1S/C20H32N6/c1-4-21-20(22-12-8-14-26-15-9-13-24-26)23-16-19(17(2)3)25-18-10-6-5-7-11-18/h5-7,9-11,13,15,17,19,25H,4,8,12,14,16H2,1-3H3,(H2,21,22,23).